The normalized spacial score (nSPS) is 10.5. The lowest BCUT2D eigenvalue weighted by Crippen LogP contribution is -2.01. The second kappa shape index (κ2) is 3.05. The molecule has 0 aromatic heterocycles. The average Bonchev–Trinajstić information content (AvgIpc) is 1.84. The second-order valence-corrected chi connectivity index (χ2v) is 1.53. The van der Waals surface area contributed by atoms with Crippen molar-refractivity contribution in [3.8, 4) is 0 Å². The first-order chi connectivity index (χ1) is 3.72. The van der Waals surface area contributed by atoms with Crippen molar-refractivity contribution in [3.63, 3.8) is 0 Å². The van der Waals surface area contributed by atoms with Gasteiger partial charge in [-0.15, -0.1) is 0 Å². The van der Waals surface area contributed by atoms with Crippen molar-refractivity contribution < 1.29 is 4.58 Å². The summed E-state index contributed by atoms with van der Waals surface area (Å²) < 4.78 is 1.72. The predicted octanol–water partition coefficient (Wildman–Crippen LogP) is 0.304. The lowest BCUT2D eigenvalue weighted by molar-refractivity contribution is -0.435. The predicted molar refractivity (Wildman–Crippen MR) is 34.8 cm³/mol. The molecule has 44 valence electrons. The van der Waals surface area contributed by atoms with Crippen LogP contribution in [0.3, 0.4) is 0 Å². The number of nitrogens with two attached hydrogens (primary N) is 1. The molecular formula is C6H11N2+. The minimum atomic E-state index is 0.944. The van der Waals surface area contributed by atoms with Gasteiger partial charge in [0, 0.05) is 13.5 Å². The van der Waals surface area contributed by atoms with Crippen LogP contribution >= 0.6 is 0 Å². The highest BCUT2D eigenvalue weighted by atomic mass is 15.0. The summed E-state index contributed by atoms with van der Waals surface area (Å²) in [4.78, 5) is 0. The minimum absolute atomic E-state index is 0.944. The summed E-state index contributed by atoms with van der Waals surface area (Å²) in [5.74, 6) is 2.65. The molecule has 0 saturated carbocycles. The fraction of sp³-hybridized carbons (Fsp3) is 0.333. The van der Waals surface area contributed by atoms with Gasteiger partial charge >= 0.3 is 0 Å². The van der Waals surface area contributed by atoms with E-state index in [-0.39, 0.29) is 0 Å². The SMILES string of the molecule is C=C=[N+](C)/C(C)=C/N. The van der Waals surface area contributed by atoms with Crippen molar-refractivity contribution in [1.82, 2.24) is 0 Å². The van der Waals surface area contributed by atoms with Gasteiger partial charge in [0.15, 0.2) is 5.87 Å². The molecular weight excluding hydrogens is 100 g/mol. The molecule has 0 aliphatic carbocycles. The van der Waals surface area contributed by atoms with Crippen molar-refractivity contribution in [1.29, 1.82) is 0 Å². The molecule has 0 rings (SSSR count). The van der Waals surface area contributed by atoms with Crippen LogP contribution in [-0.4, -0.2) is 17.5 Å². The van der Waals surface area contributed by atoms with Gasteiger partial charge in [0.25, 0.3) is 0 Å². The molecule has 2 N–H and O–H groups in total. The molecule has 0 atom stereocenters. The Bertz CT molecular complexity index is 150. The lowest BCUT2D eigenvalue weighted by Gasteiger charge is -1.85. The Hall–Kier alpha value is -1.01. The zero-order chi connectivity index (χ0) is 6.57. The van der Waals surface area contributed by atoms with Crippen LogP contribution in [0.4, 0.5) is 0 Å². The Kier molecular flexibility index (Phi) is 2.67. The Balaban J connectivity index is 4.27. The molecule has 0 spiro atoms. The molecule has 0 unspecified atom stereocenters. The smallest absolute Gasteiger partial charge is 0.202 e. The number of hydrogen-bond acceptors (Lipinski definition) is 1. The third kappa shape index (κ3) is 1.63. The highest BCUT2D eigenvalue weighted by Crippen LogP contribution is 1.84. The van der Waals surface area contributed by atoms with Crippen LogP contribution in [0, 0.1) is 0 Å². The van der Waals surface area contributed by atoms with Gasteiger partial charge in [0.2, 0.25) is 5.70 Å². The average molecular weight is 111 g/mol. The number of rotatable bonds is 1. The Labute approximate surface area is 49.6 Å². The van der Waals surface area contributed by atoms with E-state index in [1.165, 1.54) is 6.20 Å². The summed E-state index contributed by atoms with van der Waals surface area (Å²) in [6.45, 7) is 5.32. The first kappa shape index (κ1) is 6.99. The Morgan fingerprint density at radius 3 is 2.50 bits per heavy atom. The van der Waals surface area contributed by atoms with E-state index in [1.807, 2.05) is 14.0 Å². The quantitative estimate of drug-likeness (QED) is 0.383. The highest BCUT2D eigenvalue weighted by molar-refractivity contribution is 5.40. The van der Waals surface area contributed by atoms with Crippen molar-refractivity contribution in [2.45, 2.75) is 6.92 Å². The standard InChI is InChI=1S/C6H11N2/c1-4-8(3)6(2)5-7/h5H,1,7H2,2-3H3/q+1/b6-5+. The van der Waals surface area contributed by atoms with E-state index < -0.39 is 0 Å². The first-order valence-corrected chi connectivity index (χ1v) is 2.37. The van der Waals surface area contributed by atoms with Crippen LogP contribution in [0.25, 0.3) is 0 Å². The van der Waals surface area contributed by atoms with Gasteiger partial charge in [0.1, 0.15) is 7.05 Å². The molecule has 0 heterocycles. The summed E-state index contributed by atoms with van der Waals surface area (Å²) in [5.41, 5.74) is 6.12. The van der Waals surface area contributed by atoms with Gasteiger partial charge in [-0.05, 0) is 0 Å². The fourth-order valence-corrected chi connectivity index (χ4v) is 0.237. The van der Waals surface area contributed by atoms with Crippen LogP contribution in [0.5, 0.6) is 0 Å². The van der Waals surface area contributed by atoms with E-state index in [4.69, 9.17) is 5.73 Å². The zero-order valence-corrected chi connectivity index (χ0v) is 5.31. The maximum atomic E-state index is 5.18. The molecule has 0 bridgehead atoms. The van der Waals surface area contributed by atoms with E-state index in [0.717, 1.165) is 5.70 Å². The molecule has 0 aliphatic rings. The van der Waals surface area contributed by atoms with Crippen LogP contribution in [0.2, 0.25) is 0 Å². The molecule has 2 heteroatoms. The van der Waals surface area contributed by atoms with Crippen molar-refractivity contribution in [2.24, 2.45) is 5.73 Å². The molecule has 8 heavy (non-hydrogen) atoms. The number of allylic oxidation sites excluding steroid dienone is 1. The molecule has 0 fully saturated rings. The summed E-state index contributed by atoms with van der Waals surface area (Å²) in [5, 5.41) is 0. The topological polar surface area (TPSA) is 29.0 Å². The molecule has 0 amide bonds. The third-order valence-electron chi connectivity index (χ3n) is 1.01. The van der Waals surface area contributed by atoms with Gasteiger partial charge in [-0.2, -0.15) is 4.58 Å². The maximum absolute atomic E-state index is 5.18. The van der Waals surface area contributed by atoms with E-state index in [9.17, 15) is 0 Å². The molecule has 0 aromatic carbocycles. The van der Waals surface area contributed by atoms with Crippen molar-refractivity contribution >= 4 is 5.87 Å². The monoisotopic (exact) mass is 111 g/mol. The van der Waals surface area contributed by atoms with Crippen LogP contribution in [0.1, 0.15) is 6.92 Å². The molecule has 0 saturated heterocycles. The molecule has 0 aliphatic heterocycles. The Morgan fingerprint density at radius 1 is 1.88 bits per heavy atom. The summed E-state index contributed by atoms with van der Waals surface area (Å²) >= 11 is 0. The first-order valence-electron chi connectivity index (χ1n) is 2.37. The lowest BCUT2D eigenvalue weighted by atomic mass is 10.5. The van der Waals surface area contributed by atoms with Gasteiger partial charge in [-0.3, -0.25) is 0 Å². The summed E-state index contributed by atoms with van der Waals surface area (Å²) in [6.07, 6.45) is 1.51. The number of hydrogen-bond donors (Lipinski definition) is 1. The highest BCUT2D eigenvalue weighted by Gasteiger charge is 1.93. The maximum Gasteiger partial charge on any atom is 0.202 e. The van der Waals surface area contributed by atoms with Crippen LogP contribution < -0.4 is 5.73 Å². The van der Waals surface area contributed by atoms with E-state index in [1.54, 1.807) is 4.58 Å². The second-order valence-electron chi connectivity index (χ2n) is 1.53. The molecule has 0 radical (unpaired) electrons. The zero-order valence-electron chi connectivity index (χ0n) is 5.31. The fourth-order valence-electron chi connectivity index (χ4n) is 0.237. The number of nitrogens with zero attached hydrogens (tertiary/aromatic N) is 1. The largest absolute Gasteiger partial charge is 0.400 e. The van der Waals surface area contributed by atoms with E-state index >= 15 is 0 Å². The van der Waals surface area contributed by atoms with Gasteiger partial charge in [-0.25, -0.2) is 0 Å². The molecule has 2 nitrogen and oxygen atoms in total. The van der Waals surface area contributed by atoms with E-state index in [2.05, 4.69) is 12.4 Å². The van der Waals surface area contributed by atoms with E-state index in [0.29, 0.717) is 0 Å². The summed E-state index contributed by atoms with van der Waals surface area (Å²) in [6, 6.07) is 0. The third-order valence-corrected chi connectivity index (χ3v) is 1.01. The van der Waals surface area contributed by atoms with Gasteiger partial charge in [-0.1, -0.05) is 0 Å². The van der Waals surface area contributed by atoms with Crippen molar-refractivity contribution in [3.05, 3.63) is 18.5 Å². The van der Waals surface area contributed by atoms with Crippen LogP contribution in [-0.2, 0) is 0 Å². The summed E-state index contributed by atoms with van der Waals surface area (Å²) in [7, 11) is 1.84. The van der Waals surface area contributed by atoms with Gasteiger partial charge < -0.3 is 5.73 Å². The minimum Gasteiger partial charge on any atom is -0.400 e. The van der Waals surface area contributed by atoms with Crippen LogP contribution in [0.15, 0.2) is 18.5 Å². The Morgan fingerprint density at radius 2 is 2.38 bits per heavy atom. The van der Waals surface area contributed by atoms with Crippen molar-refractivity contribution in [2.75, 3.05) is 7.05 Å². The van der Waals surface area contributed by atoms with Gasteiger partial charge in [0.05, 0.1) is 6.20 Å². The molecule has 0 aromatic rings.